The van der Waals surface area contributed by atoms with Gasteiger partial charge in [-0.1, -0.05) is 30.3 Å². The van der Waals surface area contributed by atoms with Crippen molar-refractivity contribution in [1.29, 1.82) is 0 Å². The number of hydrogen-bond acceptors (Lipinski definition) is 7. The third-order valence-electron chi connectivity index (χ3n) is 3.39. The number of carboxylic acids is 1. The minimum atomic E-state index is -1.56. The van der Waals surface area contributed by atoms with Gasteiger partial charge in [-0.3, -0.25) is 10.1 Å². The Kier molecular flexibility index (Phi) is 5.02. The zero-order valence-corrected chi connectivity index (χ0v) is 13.4. The maximum Gasteiger partial charge on any atom is 0.514 e. The van der Waals surface area contributed by atoms with Crippen molar-refractivity contribution in [3.63, 3.8) is 0 Å². The third-order valence-corrected chi connectivity index (χ3v) is 3.39. The van der Waals surface area contributed by atoms with Gasteiger partial charge in [0.1, 0.15) is 5.60 Å². The largest absolute Gasteiger partial charge is 0.545 e. The van der Waals surface area contributed by atoms with E-state index in [1.807, 2.05) is 0 Å². The van der Waals surface area contributed by atoms with Gasteiger partial charge in [0.2, 0.25) is 5.75 Å². The minimum absolute atomic E-state index is 0.365. The van der Waals surface area contributed by atoms with E-state index < -0.39 is 34.1 Å². The molecule has 0 aliphatic heterocycles. The highest BCUT2D eigenvalue weighted by Crippen LogP contribution is 2.30. The number of rotatable bonds is 5. The van der Waals surface area contributed by atoms with Crippen LogP contribution >= 0.6 is 0 Å². The normalized spacial score (nSPS) is 10.8. The monoisotopic (exact) mass is 344 g/mol. The molecule has 2 rings (SSSR count). The molecule has 0 heterocycles. The second-order valence-electron chi connectivity index (χ2n) is 5.56. The fourth-order valence-electron chi connectivity index (χ4n) is 2.09. The lowest BCUT2D eigenvalue weighted by Crippen LogP contribution is -2.27. The van der Waals surface area contributed by atoms with Gasteiger partial charge in [0.15, 0.2) is 0 Å². The maximum absolute atomic E-state index is 12.0. The molecular formula is C17H14NO7-. The Hall–Kier alpha value is -3.42. The molecule has 0 spiro atoms. The van der Waals surface area contributed by atoms with E-state index >= 15 is 0 Å². The fourth-order valence-corrected chi connectivity index (χ4v) is 2.09. The van der Waals surface area contributed by atoms with Crippen LogP contribution in [0.15, 0.2) is 48.5 Å². The van der Waals surface area contributed by atoms with E-state index in [1.54, 1.807) is 44.2 Å². The molecule has 8 heteroatoms. The number of ether oxygens (including phenoxy) is 2. The average molecular weight is 344 g/mol. The van der Waals surface area contributed by atoms with Gasteiger partial charge in [-0.2, -0.15) is 0 Å². The van der Waals surface area contributed by atoms with Crippen LogP contribution in [0.25, 0.3) is 0 Å². The number of nitro benzene ring substituents is 1. The van der Waals surface area contributed by atoms with Gasteiger partial charge >= 0.3 is 11.8 Å². The van der Waals surface area contributed by atoms with Gasteiger partial charge in [-0.05, 0) is 31.5 Å². The highest BCUT2D eigenvalue weighted by atomic mass is 16.7. The van der Waals surface area contributed by atoms with Crippen molar-refractivity contribution in [2.45, 2.75) is 19.4 Å². The molecule has 0 fully saturated rings. The van der Waals surface area contributed by atoms with Crippen LogP contribution < -0.4 is 9.84 Å². The second kappa shape index (κ2) is 7.00. The molecule has 130 valence electrons. The molecule has 0 amide bonds. The zero-order chi connectivity index (χ0) is 18.6. The molecule has 0 saturated heterocycles. The minimum Gasteiger partial charge on any atom is -0.545 e. The quantitative estimate of drug-likeness (QED) is 0.353. The summed E-state index contributed by atoms with van der Waals surface area (Å²) in [4.78, 5) is 33.1. The van der Waals surface area contributed by atoms with Crippen LogP contribution in [0.2, 0.25) is 0 Å². The number of carboxylic acid groups (broad SMARTS) is 1. The second-order valence-corrected chi connectivity index (χ2v) is 5.56. The summed E-state index contributed by atoms with van der Waals surface area (Å²) in [5.41, 5.74) is -1.31. The van der Waals surface area contributed by atoms with Crippen molar-refractivity contribution < 1.29 is 29.1 Å². The van der Waals surface area contributed by atoms with Gasteiger partial charge in [-0.25, -0.2) is 4.79 Å². The fraction of sp³-hybridized carbons (Fsp3) is 0.176. The predicted octanol–water partition coefficient (Wildman–Crippen LogP) is 2.41. The summed E-state index contributed by atoms with van der Waals surface area (Å²) in [5.74, 6) is -2.10. The first-order valence-electron chi connectivity index (χ1n) is 7.17. The first-order chi connectivity index (χ1) is 11.7. The summed E-state index contributed by atoms with van der Waals surface area (Å²) in [5, 5.41) is 21.9. The number of benzene rings is 2. The Morgan fingerprint density at radius 3 is 2.28 bits per heavy atom. The van der Waals surface area contributed by atoms with Crippen LogP contribution in [0.1, 0.15) is 29.8 Å². The molecule has 0 radical (unpaired) electrons. The van der Waals surface area contributed by atoms with Gasteiger partial charge < -0.3 is 19.4 Å². The maximum atomic E-state index is 12.0. The van der Waals surface area contributed by atoms with Crippen molar-refractivity contribution in [3.05, 3.63) is 69.8 Å². The van der Waals surface area contributed by atoms with Gasteiger partial charge in [0.25, 0.3) is 0 Å². The molecule has 0 saturated carbocycles. The summed E-state index contributed by atoms with van der Waals surface area (Å²) in [6.45, 7) is 3.24. The third kappa shape index (κ3) is 4.31. The van der Waals surface area contributed by atoms with Crippen LogP contribution in [-0.2, 0) is 10.3 Å². The van der Waals surface area contributed by atoms with E-state index in [1.165, 1.54) is 0 Å². The van der Waals surface area contributed by atoms with Crippen molar-refractivity contribution in [2.75, 3.05) is 0 Å². The molecule has 0 N–H and O–H groups in total. The Labute approximate surface area is 142 Å². The van der Waals surface area contributed by atoms with E-state index in [-0.39, 0.29) is 5.56 Å². The van der Waals surface area contributed by atoms with Crippen molar-refractivity contribution >= 4 is 17.8 Å². The highest BCUT2D eigenvalue weighted by molar-refractivity contribution is 5.87. The lowest BCUT2D eigenvalue weighted by molar-refractivity contribution is -0.385. The average Bonchev–Trinajstić information content (AvgIpc) is 2.54. The smallest absolute Gasteiger partial charge is 0.514 e. The van der Waals surface area contributed by atoms with Crippen LogP contribution in [0, 0.1) is 10.1 Å². The molecule has 25 heavy (non-hydrogen) atoms. The Balaban J connectivity index is 2.24. The Morgan fingerprint density at radius 2 is 1.72 bits per heavy atom. The van der Waals surface area contributed by atoms with E-state index in [2.05, 4.69) is 0 Å². The number of nitro groups is 1. The first kappa shape index (κ1) is 17.9. The number of nitrogens with zero attached hydrogens (tertiary/aromatic N) is 1. The standard InChI is InChI=1S/C17H15NO7/c1-17(2,12-6-4-3-5-7-12)25-16(21)24-14-10-11(15(19)20)8-9-13(14)18(22)23/h3-10H,1-2H3,(H,19,20)/p-1. The van der Waals surface area contributed by atoms with Crippen molar-refractivity contribution in [3.8, 4) is 5.75 Å². The Bertz CT molecular complexity index is 815. The summed E-state index contributed by atoms with van der Waals surface area (Å²) in [6, 6.07) is 11.5. The first-order valence-corrected chi connectivity index (χ1v) is 7.17. The molecule has 0 aromatic heterocycles. The van der Waals surface area contributed by atoms with Gasteiger partial charge in [-0.15, -0.1) is 0 Å². The topological polar surface area (TPSA) is 119 Å². The molecule has 2 aromatic carbocycles. The summed E-state index contributed by atoms with van der Waals surface area (Å²) < 4.78 is 10.1. The molecule has 0 unspecified atom stereocenters. The lowest BCUT2D eigenvalue weighted by Gasteiger charge is -2.24. The van der Waals surface area contributed by atoms with E-state index in [0.717, 1.165) is 18.2 Å². The van der Waals surface area contributed by atoms with Gasteiger partial charge in [0, 0.05) is 11.6 Å². The lowest BCUT2D eigenvalue weighted by atomic mass is 9.98. The molecule has 2 aromatic rings. The molecule has 0 aliphatic rings. The molecular weight excluding hydrogens is 330 g/mol. The molecule has 0 bridgehead atoms. The molecule has 8 nitrogen and oxygen atoms in total. The number of carbonyl (C=O) groups is 2. The Morgan fingerprint density at radius 1 is 1.08 bits per heavy atom. The van der Waals surface area contributed by atoms with Crippen LogP contribution in [-0.4, -0.2) is 17.0 Å². The van der Waals surface area contributed by atoms with Gasteiger partial charge in [0.05, 0.1) is 10.9 Å². The summed E-state index contributed by atoms with van der Waals surface area (Å²) in [7, 11) is 0. The zero-order valence-electron chi connectivity index (χ0n) is 13.4. The van der Waals surface area contributed by atoms with E-state index in [4.69, 9.17) is 9.47 Å². The SMILES string of the molecule is CC(C)(OC(=O)Oc1cc(C(=O)[O-])ccc1[N+](=O)[O-])c1ccccc1. The number of hydrogen-bond donors (Lipinski definition) is 0. The summed E-state index contributed by atoms with van der Waals surface area (Å²) >= 11 is 0. The number of aromatic carboxylic acids is 1. The molecule has 0 aliphatic carbocycles. The number of carbonyl (C=O) groups excluding carboxylic acids is 2. The predicted molar refractivity (Wildman–Crippen MR) is 84.0 cm³/mol. The van der Waals surface area contributed by atoms with E-state index in [0.29, 0.717) is 5.56 Å². The van der Waals surface area contributed by atoms with E-state index in [9.17, 15) is 24.8 Å². The van der Waals surface area contributed by atoms with Crippen LogP contribution in [0.5, 0.6) is 5.75 Å². The van der Waals surface area contributed by atoms with Crippen molar-refractivity contribution in [1.82, 2.24) is 0 Å². The van der Waals surface area contributed by atoms with Crippen molar-refractivity contribution in [2.24, 2.45) is 0 Å². The summed E-state index contributed by atoms with van der Waals surface area (Å²) in [6.07, 6.45) is -1.20. The van der Waals surface area contributed by atoms with Crippen LogP contribution in [0.4, 0.5) is 10.5 Å². The molecule has 0 atom stereocenters. The highest BCUT2D eigenvalue weighted by Gasteiger charge is 2.28. The van der Waals surface area contributed by atoms with Crippen LogP contribution in [0.3, 0.4) is 0 Å².